The first kappa shape index (κ1) is 27.5. The van der Waals surface area contributed by atoms with Gasteiger partial charge in [-0.05, 0) is 36.4 Å². The molecule has 0 radical (unpaired) electrons. The number of benzene rings is 2. The SMILES string of the molecule is COC1(c2ccc(Cl)c(C(F)(F)c3ccc(OCC(F)(F)F)cc3)c2)O[C@H](CO)[C@@H](O)[C@H](O)[C@H]1O. The fourth-order valence-corrected chi connectivity index (χ4v) is 3.97. The third-order valence-corrected chi connectivity index (χ3v) is 5.91. The van der Waals surface area contributed by atoms with Gasteiger partial charge in [-0.3, -0.25) is 0 Å². The second-order valence-electron chi connectivity index (χ2n) is 7.83. The highest BCUT2D eigenvalue weighted by atomic mass is 35.5. The molecule has 5 atom stereocenters. The number of ether oxygens (including phenoxy) is 3. The van der Waals surface area contributed by atoms with Crippen LogP contribution in [-0.4, -0.2) is 71.3 Å². The highest BCUT2D eigenvalue weighted by Gasteiger charge is 2.55. The molecular weight excluding hydrogens is 507 g/mol. The number of aliphatic hydroxyl groups is 4. The first-order chi connectivity index (χ1) is 16.3. The van der Waals surface area contributed by atoms with Gasteiger partial charge >= 0.3 is 6.18 Å². The summed E-state index contributed by atoms with van der Waals surface area (Å²) < 4.78 is 83.1. The van der Waals surface area contributed by atoms with Gasteiger partial charge in [-0.1, -0.05) is 17.7 Å². The van der Waals surface area contributed by atoms with Crippen LogP contribution in [0.1, 0.15) is 16.7 Å². The minimum Gasteiger partial charge on any atom is -0.484 e. The molecule has 1 aliphatic rings. The van der Waals surface area contributed by atoms with Gasteiger partial charge in [0.25, 0.3) is 5.92 Å². The summed E-state index contributed by atoms with van der Waals surface area (Å²) in [5.41, 5.74) is -1.61. The van der Waals surface area contributed by atoms with E-state index >= 15 is 8.78 Å². The molecule has 1 saturated heterocycles. The zero-order chi connectivity index (χ0) is 26.2. The summed E-state index contributed by atoms with van der Waals surface area (Å²) in [6, 6.07) is 6.76. The first-order valence-corrected chi connectivity index (χ1v) is 10.5. The first-order valence-electron chi connectivity index (χ1n) is 10.1. The predicted molar refractivity (Wildman–Crippen MR) is 111 cm³/mol. The Labute approximate surface area is 201 Å². The zero-order valence-corrected chi connectivity index (χ0v) is 18.8. The molecule has 0 aliphatic carbocycles. The Bertz CT molecular complexity index is 1020. The number of halogens is 6. The Morgan fingerprint density at radius 2 is 1.63 bits per heavy atom. The molecule has 0 spiro atoms. The summed E-state index contributed by atoms with van der Waals surface area (Å²) in [5, 5.41) is 39.9. The van der Waals surface area contributed by atoms with E-state index in [9.17, 15) is 33.6 Å². The fourth-order valence-electron chi connectivity index (χ4n) is 3.73. The van der Waals surface area contributed by atoms with Crippen molar-refractivity contribution in [2.75, 3.05) is 20.3 Å². The van der Waals surface area contributed by atoms with Gasteiger partial charge in [-0.2, -0.15) is 22.0 Å². The van der Waals surface area contributed by atoms with E-state index in [-0.39, 0.29) is 11.3 Å². The molecule has 4 N–H and O–H groups in total. The topological polar surface area (TPSA) is 109 Å². The maximum atomic E-state index is 15.4. The molecule has 1 heterocycles. The van der Waals surface area contributed by atoms with Gasteiger partial charge in [0.1, 0.15) is 30.2 Å². The molecule has 7 nitrogen and oxygen atoms in total. The van der Waals surface area contributed by atoms with E-state index in [2.05, 4.69) is 4.74 Å². The lowest BCUT2D eigenvalue weighted by Crippen LogP contribution is -2.64. The van der Waals surface area contributed by atoms with Crippen LogP contribution in [0.4, 0.5) is 22.0 Å². The van der Waals surface area contributed by atoms with Crippen molar-refractivity contribution in [1.29, 1.82) is 0 Å². The lowest BCUT2D eigenvalue weighted by Gasteiger charge is -2.47. The number of aliphatic hydroxyl groups excluding tert-OH is 4. The summed E-state index contributed by atoms with van der Waals surface area (Å²) in [4.78, 5) is 0. The molecule has 0 saturated carbocycles. The molecule has 1 fully saturated rings. The quantitative estimate of drug-likeness (QED) is 0.409. The molecule has 2 aromatic carbocycles. The maximum absolute atomic E-state index is 15.4. The molecule has 1 aliphatic heterocycles. The largest absolute Gasteiger partial charge is 0.484 e. The van der Waals surface area contributed by atoms with Crippen molar-refractivity contribution < 1.29 is 56.6 Å². The van der Waals surface area contributed by atoms with E-state index in [4.69, 9.17) is 21.1 Å². The molecule has 2 aromatic rings. The van der Waals surface area contributed by atoms with Crippen molar-refractivity contribution in [1.82, 2.24) is 0 Å². The van der Waals surface area contributed by atoms with Gasteiger partial charge < -0.3 is 34.6 Å². The lowest BCUT2D eigenvalue weighted by atomic mass is 9.86. The van der Waals surface area contributed by atoms with E-state index in [0.29, 0.717) is 0 Å². The number of hydrogen-bond donors (Lipinski definition) is 4. The number of rotatable bonds is 7. The van der Waals surface area contributed by atoms with Gasteiger partial charge in [-0.15, -0.1) is 0 Å². The molecule has 0 aromatic heterocycles. The van der Waals surface area contributed by atoms with Crippen LogP contribution in [0, 0.1) is 0 Å². The lowest BCUT2D eigenvalue weighted by molar-refractivity contribution is -0.366. The zero-order valence-electron chi connectivity index (χ0n) is 18.0. The van der Waals surface area contributed by atoms with Crippen molar-refractivity contribution in [3.8, 4) is 5.75 Å². The molecule has 35 heavy (non-hydrogen) atoms. The Balaban J connectivity index is 1.99. The van der Waals surface area contributed by atoms with Crippen LogP contribution < -0.4 is 4.74 Å². The standard InChI is InChI=1S/C22H22ClF5O7/c1-33-22(19(32)18(31)17(30)16(9-29)35-22)12-4-7-15(23)14(8-12)21(27,28)11-2-5-13(6-3-11)34-10-20(24,25)26/h2-8,16-19,29-32H,9-10H2,1H3/t16-,17-,18+,19-,22?/m1/s1. The van der Waals surface area contributed by atoms with Crippen molar-refractivity contribution in [3.63, 3.8) is 0 Å². The van der Waals surface area contributed by atoms with E-state index in [1.165, 1.54) is 6.07 Å². The summed E-state index contributed by atoms with van der Waals surface area (Å²) >= 11 is 6.03. The molecule has 0 bridgehead atoms. The van der Waals surface area contributed by atoms with Crippen LogP contribution >= 0.6 is 11.6 Å². The van der Waals surface area contributed by atoms with Crippen LogP contribution in [-0.2, 0) is 21.2 Å². The van der Waals surface area contributed by atoms with Crippen molar-refractivity contribution in [3.05, 3.63) is 64.2 Å². The van der Waals surface area contributed by atoms with Gasteiger partial charge in [-0.25, -0.2) is 0 Å². The van der Waals surface area contributed by atoms with Crippen LogP contribution in [0.2, 0.25) is 5.02 Å². The fraction of sp³-hybridized carbons (Fsp3) is 0.455. The number of hydrogen-bond acceptors (Lipinski definition) is 7. The summed E-state index contributed by atoms with van der Waals surface area (Å²) in [5.74, 6) is -6.31. The molecule has 0 amide bonds. The second-order valence-corrected chi connectivity index (χ2v) is 8.24. The van der Waals surface area contributed by atoms with Crippen LogP contribution in [0.25, 0.3) is 0 Å². The van der Waals surface area contributed by atoms with E-state index in [1.54, 1.807) is 0 Å². The minimum atomic E-state index is -4.60. The summed E-state index contributed by atoms with van der Waals surface area (Å²) in [7, 11) is 1.06. The van der Waals surface area contributed by atoms with Crippen LogP contribution in [0.5, 0.6) is 5.75 Å². The number of methoxy groups -OCH3 is 1. The summed E-state index contributed by atoms with van der Waals surface area (Å²) in [6.45, 7) is -2.37. The van der Waals surface area contributed by atoms with Crippen molar-refractivity contribution in [2.45, 2.75) is 42.3 Å². The monoisotopic (exact) mass is 528 g/mol. The Hall–Kier alpha value is -2.06. The van der Waals surface area contributed by atoms with E-state index in [1.807, 2.05) is 0 Å². The predicted octanol–water partition coefficient (Wildman–Crippen LogP) is 2.69. The van der Waals surface area contributed by atoms with Crippen LogP contribution in [0.3, 0.4) is 0 Å². The Morgan fingerprint density at radius 1 is 1.00 bits per heavy atom. The molecule has 1 unspecified atom stereocenters. The van der Waals surface area contributed by atoms with Gasteiger partial charge in [0, 0.05) is 23.8 Å². The van der Waals surface area contributed by atoms with Crippen molar-refractivity contribution >= 4 is 11.6 Å². The maximum Gasteiger partial charge on any atom is 0.422 e. The van der Waals surface area contributed by atoms with Gasteiger partial charge in [0.2, 0.25) is 5.79 Å². The average Bonchev–Trinajstić information content (AvgIpc) is 2.82. The smallest absolute Gasteiger partial charge is 0.422 e. The van der Waals surface area contributed by atoms with Crippen molar-refractivity contribution in [2.24, 2.45) is 0 Å². The minimum absolute atomic E-state index is 0.207. The van der Waals surface area contributed by atoms with Gasteiger partial charge in [0.05, 0.1) is 11.6 Å². The average molecular weight is 529 g/mol. The highest BCUT2D eigenvalue weighted by molar-refractivity contribution is 6.31. The highest BCUT2D eigenvalue weighted by Crippen LogP contribution is 2.45. The third-order valence-electron chi connectivity index (χ3n) is 5.58. The molecule has 194 valence electrons. The van der Waals surface area contributed by atoms with E-state index < -0.39 is 71.7 Å². The molecule has 13 heteroatoms. The molecular formula is C22H22ClF5O7. The normalized spacial score (nSPS) is 27.6. The van der Waals surface area contributed by atoms with Crippen LogP contribution in [0.15, 0.2) is 42.5 Å². The van der Waals surface area contributed by atoms with E-state index in [0.717, 1.165) is 43.5 Å². The Kier molecular flexibility index (Phi) is 7.97. The Morgan fingerprint density at radius 3 is 2.17 bits per heavy atom. The number of alkyl halides is 5. The summed E-state index contributed by atoms with van der Waals surface area (Å²) in [6.07, 6.45) is -11.5. The van der Waals surface area contributed by atoms with Gasteiger partial charge in [0.15, 0.2) is 6.61 Å². The second kappa shape index (κ2) is 10.1. The molecule has 3 rings (SSSR count). The third kappa shape index (κ3) is 5.38.